The summed E-state index contributed by atoms with van der Waals surface area (Å²) in [4.78, 5) is 11.6. The summed E-state index contributed by atoms with van der Waals surface area (Å²) < 4.78 is 0. The first-order valence-corrected chi connectivity index (χ1v) is 8.42. The van der Waals surface area contributed by atoms with E-state index in [2.05, 4.69) is 27.0 Å². The average molecular weight is 322 g/mol. The minimum atomic E-state index is 0.258. The van der Waals surface area contributed by atoms with Crippen molar-refractivity contribution in [3.63, 3.8) is 0 Å². The van der Waals surface area contributed by atoms with Gasteiger partial charge in [-0.25, -0.2) is 4.98 Å². The number of hydrogen-bond acceptors (Lipinski definition) is 3. The number of aromatic amines is 1. The van der Waals surface area contributed by atoms with E-state index < -0.39 is 0 Å². The maximum atomic E-state index is 9.98. The molecule has 5 heteroatoms. The molecule has 0 spiro atoms. The van der Waals surface area contributed by atoms with Crippen LogP contribution in [0, 0.1) is 0 Å². The zero-order valence-corrected chi connectivity index (χ0v) is 13.6. The van der Waals surface area contributed by atoms with Crippen molar-refractivity contribution >= 4 is 16.7 Å². The number of pyridine rings is 2. The number of quaternary nitrogens is 1. The molecule has 3 N–H and O–H groups in total. The van der Waals surface area contributed by atoms with Crippen LogP contribution in [0.4, 0.5) is 5.82 Å². The van der Waals surface area contributed by atoms with Crippen LogP contribution in [0.25, 0.3) is 10.9 Å². The highest BCUT2D eigenvalue weighted by Crippen LogP contribution is 2.24. The lowest BCUT2D eigenvalue weighted by molar-refractivity contribution is -0.914. The highest BCUT2D eigenvalue weighted by Gasteiger charge is 2.26. The second kappa shape index (κ2) is 6.45. The summed E-state index contributed by atoms with van der Waals surface area (Å²) in [5.41, 5.74) is 1.96. The Morgan fingerprint density at radius 1 is 1.08 bits per heavy atom. The van der Waals surface area contributed by atoms with E-state index in [0.717, 1.165) is 38.1 Å². The molecule has 0 aliphatic carbocycles. The Morgan fingerprint density at radius 3 is 2.75 bits per heavy atom. The fourth-order valence-corrected chi connectivity index (χ4v) is 3.46. The predicted octanol–water partition coefficient (Wildman–Crippen LogP) is 0.660. The molecule has 0 bridgehead atoms. The summed E-state index contributed by atoms with van der Waals surface area (Å²) in [6.07, 6.45) is 3.71. The van der Waals surface area contributed by atoms with Crippen molar-refractivity contribution in [3.8, 4) is 5.75 Å². The topological polar surface area (TPSA) is 54.9 Å². The molecule has 0 radical (unpaired) electrons. The van der Waals surface area contributed by atoms with E-state index in [4.69, 9.17) is 0 Å². The molecule has 4 rings (SSSR count). The number of anilines is 1. The van der Waals surface area contributed by atoms with Crippen LogP contribution in [-0.4, -0.2) is 36.3 Å². The van der Waals surface area contributed by atoms with Gasteiger partial charge in [-0.1, -0.05) is 12.1 Å². The van der Waals surface area contributed by atoms with E-state index in [1.165, 1.54) is 11.4 Å². The number of nitrogens with one attached hydrogen (secondary N) is 2. The SMILES string of the molecule is Oc1ccc(C[NH+]2CCN(c3cccc[nH+]3)CC2)c2cccnc12. The zero-order valence-electron chi connectivity index (χ0n) is 13.6. The standard InChI is InChI=1S/C19H20N4O/c24-17-7-6-15(16-4-3-9-21-19(16)17)14-22-10-12-23(13-11-22)18-5-1-2-8-20-18/h1-9,24H,10-14H2/p+2. The van der Waals surface area contributed by atoms with Crippen molar-refractivity contribution in [2.75, 3.05) is 31.1 Å². The van der Waals surface area contributed by atoms with Crippen LogP contribution >= 0.6 is 0 Å². The van der Waals surface area contributed by atoms with Gasteiger partial charge in [-0.3, -0.25) is 9.88 Å². The lowest BCUT2D eigenvalue weighted by atomic mass is 10.1. The largest absolute Gasteiger partial charge is 0.506 e. The molecule has 3 heterocycles. The minimum absolute atomic E-state index is 0.258. The van der Waals surface area contributed by atoms with Gasteiger partial charge in [0.05, 0.1) is 6.20 Å². The van der Waals surface area contributed by atoms with Crippen molar-refractivity contribution in [2.24, 2.45) is 0 Å². The molecule has 2 aromatic heterocycles. The molecule has 1 saturated heterocycles. The number of fused-ring (bicyclic) bond motifs is 1. The first-order valence-electron chi connectivity index (χ1n) is 8.42. The number of piperazine rings is 1. The number of rotatable bonds is 3. The minimum Gasteiger partial charge on any atom is -0.506 e. The van der Waals surface area contributed by atoms with Crippen LogP contribution in [0.5, 0.6) is 5.75 Å². The van der Waals surface area contributed by atoms with Crippen molar-refractivity contribution in [3.05, 3.63) is 60.4 Å². The molecule has 122 valence electrons. The summed E-state index contributed by atoms with van der Waals surface area (Å²) in [5.74, 6) is 1.45. The number of phenols is 1. The molecule has 5 nitrogen and oxygen atoms in total. The third-order valence-corrected chi connectivity index (χ3v) is 4.78. The molecule has 1 fully saturated rings. The van der Waals surface area contributed by atoms with Crippen LogP contribution in [0.1, 0.15) is 5.56 Å². The van der Waals surface area contributed by atoms with Crippen LogP contribution in [0.2, 0.25) is 0 Å². The summed E-state index contributed by atoms with van der Waals surface area (Å²) >= 11 is 0. The Bertz CT molecular complexity index is 829. The highest BCUT2D eigenvalue weighted by atomic mass is 16.3. The second-order valence-electron chi connectivity index (χ2n) is 6.31. The molecule has 24 heavy (non-hydrogen) atoms. The van der Waals surface area contributed by atoms with Crippen LogP contribution < -0.4 is 14.8 Å². The van der Waals surface area contributed by atoms with E-state index in [-0.39, 0.29) is 5.75 Å². The van der Waals surface area contributed by atoms with Crippen LogP contribution in [-0.2, 0) is 6.54 Å². The average Bonchev–Trinajstić information content (AvgIpc) is 2.66. The molecular formula is C19H22N4O+2. The van der Waals surface area contributed by atoms with E-state index >= 15 is 0 Å². The molecule has 0 saturated carbocycles. The maximum Gasteiger partial charge on any atom is 0.274 e. The Morgan fingerprint density at radius 2 is 1.96 bits per heavy atom. The Balaban J connectivity index is 1.47. The van der Waals surface area contributed by atoms with E-state index in [0.29, 0.717) is 5.52 Å². The van der Waals surface area contributed by atoms with Crippen LogP contribution in [0.15, 0.2) is 54.9 Å². The highest BCUT2D eigenvalue weighted by molar-refractivity contribution is 5.86. The fraction of sp³-hybridized carbons (Fsp3) is 0.263. The van der Waals surface area contributed by atoms with Crippen molar-refractivity contribution in [2.45, 2.75) is 6.54 Å². The molecule has 1 aliphatic rings. The lowest BCUT2D eigenvalue weighted by Crippen LogP contribution is -3.13. The van der Waals surface area contributed by atoms with Gasteiger partial charge in [-0.15, -0.1) is 0 Å². The van der Waals surface area contributed by atoms with Gasteiger partial charge in [-0.05, 0) is 24.3 Å². The Labute approximate surface area is 141 Å². The zero-order chi connectivity index (χ0) is 16.4. The maximum absolute atomic E-state index is 9.98. The van der Waals surface area contributed by atoms with Gasteiger partial charge >= 0.3 is 0 Å². The third-order valence-electron chi connectivity index (χ3n) is 4.78. The van der Waals surface area contributed by atoms with Gasteiger partial charge in [0.15, 0.2) is 0 Å². The predicted molar refractivity (Wildman–Crippen MR) is 93.0 cm³/mol. The van der Waals surface area contributed by atoms with Gasteiger partial charge in [-0.2, -0.15) is 0 Å². The summed E-state index contributed by atoms with van der Waals surface area (Å²) in [5, 5.41) is 11.0. The first kappa shape index (κ1) is 14.9. The van der Waals surface area contributed by atoms with Gasteiger partial charge in [0.25, 0.3) is 5.82 Å². The number of benzene rings is 1. The first-order chi connectivity index (χ1) is 11.8. The molecule has 3 aromatic rings. The molecule has 0 amide bonds. The molecular weight excluding hydrogens is 300 g/mol. The number of phenolic OH excluding ortho intramolecular Hbond substituents is 1. The van der Waals surface area contributed by atoms with Gasteiger partial charge in [0.1, 0.15) is 44.0 Å². The summed E-state index contributed by atoms with van der Waals surface area (Å²) in [7, 11) is 0. The lowest BCUT2D eigenvalue weighted by Gasteiger charge is -2.28. The monoisotopic (exact) mass is 322 g/mol. The van der Waals surface area contributed by atoms with Gasteiger partial charge in [0, 0.05) is 23.2 Å². The van der Waals surface area contributed by atoms with Gasteiger partial charge in [0.2, 0.25) is 0 Å². The molecule has 1 aliphatic heterocycles. The normalized spacial score (nSPS) is 15.8. The van der Waals surface area contributed by atoms with Crippen LogP contribution in [0.3, 0.4) is 0 Å². The Hall–Kier alpha value is -2.66. The molecule has 1 aromatic carbocycles. The molecule has 0 unspecified atom stereocenters. The summed E-state index contributed by atoms with van der Waals surface area (Å²) in [6.45, 7) is 5.26. The summed E-state index contributed by atoms with van der Waals surface area (Å²) in [6, 6.07) is 14.0. The number of nitrogens with zero attached hydrogens (tertiary/aromatic N) is 2. The number of aromatic nitrogens is 2. The van der Waals surface area contributed by atoms with E-state index in [9.17, 15) is 5.11 Å². The Kier molecular flexibility index (Phi) is 4.01. The number of H-pyrrole nitrogens is 1. The molecule has 0 atom stereocenters. The van der Waals surface area contributed by atoms with Crippen molar-refractivity contribution in [1.29, 1.82) is 0 Å². The smallest absolute Gasteiger partial charge is 0.274 e. The van der Waals surface area contributed by atoms with E-state index in [1.54, 1.807) is 17.2 Å². The quantitative estimate of drug-likeness (QED) is 0.745. The van der Waals surface area contributed by atoms with Crippen molar-refractivity contribution < 1.29 is 15.0 Å². The number of aromatic hydroxyl groups is 1. The number of hydrogen-bond donors (Lipinski definition) is 2. The second-order valence-corrected chi connectivity index (χ2v) is 6.31. The van der Waals surface area contributed by atoms with Crippen molar-refractivity contribution in [1.82, 2.24) is 4.98 Å². The van der Waals surface area contributed by atoms with E-state index in [1.807, 2.05) is 30.5 Å². The third kappa shape index (κ3) is 2.90. The van der Waals surface area contributed by atoms with Gasteiger partial charge < -0.3 is 10.0 Å². The fourth-order valence-electron chi connectivity index (χ4n) is 3.46.